The van der Waals surface area contributed by atoms with Crippen LogP contribution in [0.2, 0.25) is 0 Å². The molecule has 4 nitrogen and oxygen atoms in total. The molecule has 1 aromatic heterocycles. The van der Waals surface area contributed by atoms with Crippen LogP contribution in [-0.2, 0) is 6.54 Å². The second-order valence-electron chi connectivity index (χ2n) is 4.52. The van der Waals surface area contributed by atoms with E-state index in [1.54, 1.807) is 0 Å². The van der Waals surface area contributed by atoms with Crippen LogP contribution in [0.25, 0.3) is 0 Å². The first-order chi connectivity index (χ1) is 7.09. The molecule has 0 aliphatic carbocycles. The lowest BCUT2D eigenvalue weighted by Gasteiger charge is -2.06. The third-order valence-corrected chi connectivity index (χ3v) is 2.26. The van der Waals surface area contributed by atoms with Crippen LogP contribution in [0.15, 0.2) is 6.20 Å². The van der Waals surface area contributed by atoms with Crippen LogP contribution in [0.5, 0.6) is 0 Å². The Morgan fingerprint density at radius 3 is 2.60 bits per heavy atom. The Morgan fingerprint density at radius 2 is 2.07 bits per heavy atom. The van der Waals surface area contributed by atoms with Crippen LogP contribution in [0, 0.1) is 0 Å². The minimum atomic E-state index is 0.465. The lowest BCUT2D eigenvalue weighted by molar-refractivity contribution is 0.505. The summed E-state index contributed by atoms with van der Waals surface area (Å²) in [6.07, 6.45) is 3.14. The molecule has 1 N–H and O–H groups in total. The Bertz CT molecular complexity index is 278. The quantitative estimate of drug-likeness (QED) is 0.728. The predicted octanol–water partition coefficient (Wildman–Crippen LogP) is 1.79. The van der Waals surface area contributed by atoms with Gasteiger partial charge in [-0.3, -0.25) is 4.68 Å². The third-order valence-electron chi connectivity index (χ3n) is 2.26. The topological polar surface area (TPSA) is 42.7 Å². The van der Waals surface area contributed by atoms with Gasteiger partial charge in [0.25, 0.3) is 0 Å². The van der Waals surface area contributed by atoms with Gasteiger partial charge in [0.05, 0.1) is 5.69 Å². The Balaban J connectivity index is 2.26. The maximum Gasteiger partial charge on any atom is 0.0852 e. The van der Waals surface area contributed by atoms with Gasteiger partial charge in [0.2, 0.25) is 0 Å². The lowest BCUT2D eigenvalue weighted by Crippen LogP contribution is -2.24. The molecule has 4 heteroatoms. The van der Waals surface area contributed by atoms with Crippen LogP contribution >= 0.6 is 0 Å². The van der Waals surface area contributed by atoms with E-state index in [2.05, 4.69) is 43.3 Å². The standard InChI is InChI=1S/C11H22N4/c1-9(2)11-8-15(14-13-11)7-5-6-12-10(3)4/h8-10,12H,5-7H2,1-4H3. The lowest BCUT2D eigenvalue weighted by atomic mass is 10.2. The molecule has 0 fully saturated rings. The van der Waals surface area contributed by atoms with Gasteiger partial charge in [-0.05, 0) is 18.9 Å². The van der Waals surface area contributed by atoms with Crippen LogP contribution in [0.4, 0.5) is 0 Å². The van der Waals surface area contributed by atoms with E-state index < -0.39 is 0 Å². The van der Waals surface area contributed by atoms with E-state index in [0.29, 0.717) is 12.0 Å². The molecule has 15 heavy (non-hydrogen) atoms. The van der Waals surface area contributed by atoms with Gasteiger partial charge in [0.1, 0.15) is 0 Å². The summed E-state index contributed by atoms with van der Waals surface area (Å²) in [4.78, 5) is 0. The highest BCUT2D eigenvalue weighted by Crippen LogP contribution is 2.08. The summed E-state index contributed by atoms with van der Waals surface area (Å²) >= 11 is 0. The molecule has 0 saturated carbocycles. The Morgan fingerprint density at radius 1 is 1.33 bits per heavy atom. The van der Waals surface area contributed by atoms with Crippen molar-refractivity contribution < 1.29 is 0 Å². The van der Waals surface area contributed by atoms with E-state index in [0.717, 1.165) is 25.2 Å². The van der Waals surface area contributed by atoms with E-state index in [1.165, 1.54) is 0 Å². The average molecular weight is 210 g/mol. The normalized spacial score (nSPS) is 11.6. The summed E-state index contributed by atoms with van der Waals surface area (Å²) in [5.41, 5.74) is 1.08. The molecule has 0 unspecified atom stereocenters. The molecule has 0 radical (unpaired) electrons. The number of rotatable bonds is 6. The molecule has 86 valence electrons. The Hall–Kier alpha value is -0.900. The predicted molar refractivity (Wildman–Crippen MR) is 61.9 cm³/mol. The van der Waals surface area contributed by atoms with Crippen molar-refractivity contribution in [1.82, 2.24) is 20.3 Å². The second kappa shape index (κ2) is 5.85. The summed E-state index contributed by atoms with van der Waals surface area (Å²) in [7, 11) is 0. The average Bonchev–Trinajstić information content (AvgIpc) is 2.60. The molecular formula is C11H22N4. The van der Waals surface area contributed by atoms with E-state index >= 15 is 0 Å². The first-order valence-corrected chi connectivity index (χ1v) is 5.73. The van der Waals surface area contributed by atoms with Crippen molar-refractivity contribution in [1.29, 1.82) is 0 Å². The third kappa shape index (κ3) is 4.42. The first-order valence-electron chi connectivity index (χ1n) is 5.73. The molecule has 1 rings (SSSR count). The number of nitrogens with zero attached hydrogens (tertiary/aromatic N) is 3. The maximum absolute atomic E-state index is 4.12. The molecule has 0 amide bonds. The van der Waals surface area contributed by atoms with Gasteiger partial charge in [0.15, 0.2) is 0 Å². The summed E-state index contributed by atoms with van der Waals surface area (Å²) in [6.45, 7) is 10.6. The second-order valence-corrected chi connectivity index (χ2v) is 4.52. The van der Waals surface area contributed by atoms with Crippen molar-refractivity contribution >= 4 is 0 Å². The zero-order chi connectivity index (χ0) is 11.3. The molecule has 0 bridgehead atoms. The summed E-state index contributed by atoms with van der Waals surface area (Å²) in [6, 6.07) is 0.562. The summed E-state index contributed by atoms with van der Waals surface area (Å²) in [5.74, 6) is 0.465. The molecular weight excluding hydrogens is 188 g/mol. The fraction of sp³-hybridized carbons (Fsp3) is 0.818. The zero-order valence-corrected chi connectivity index (χ0v) is 10.2. The van der Waals surface area contributed by atoms with Gasteiger partial charge >= 0.3 is 0 Å². The zero-order valence-electron chi connectivity index (χ0n) is 10.2. The molecule has 0 spiro atoms. The van der Waals surface area contributed by atoms with Gasteiger partial charge < -0.3 is 5.32 Å². The number of aromatic nitrogens is 3. The fourth-order valence-corrected chi connectivity index (χ4v) is 1.32. The van der Waals surface area contributed by atoms with E-state index in [9.17, 15) is 0 Å². The van der Waals surface area contributed by atoms with Crippen molar-refractivity contribution in [2.45, 2.75) is 52.6 Å². The van der Waals surface area contributed by atoms with Crippen molar-refractivity contribution in [2.24, 2.45) is 0 Å². The summed E-state index contributed by atoms with van der Waals surface area (Å²) in [5, 5.41) is 11.6. The highest BCUT2D eigenvalue weighted by Gasteiger charge is 2.04. The Labute approximate surface area is 92.1 Å². The largest absolute Gasteiger partial charge is 0.314 e. The van der Waals surface area contributed by atoms with Gasteiger partial charge in [-0.2, -0.15) is 0 Å². The summed E-state index contributed by atoms with van der Waals surface area (Å²) < 4.78 is 1.93. The number of hydrogen-bond donors (Lipinski definition) is 1. The highest BCUT2D eigenvalue weighted by molar-refractivity contribution is 4.97. The number of aryl methyl sites for hydroxylation is 1. The molecule has 0 atom stereocenters. The molecule has 0 aliphatic heterocycles. The maximum atomic E-state index is 4.12. The first kappa shape index (κ1) is 12.2. The molecule has 1 aromatic rings. The van der Waals surface area contributed by atoms with Crippen LogP contribution in [0.1, 0.15) is 45.7 Å². The SMILES string of the molecule is CC(C)NCCCn1cc(C(C)C)nn1. The van der Waals surface area contributed by atoms with Crippen molar-refractivity contribution in [3.8, 4) is 0 Å². The van der Waals surface area contributed by atoms with Gasteiger partial charge in [-0.15, -0.1) is 5.10 Å². The minimum Gasteiger partial charge on any atom is -0.314 e. The van der Waals surface area contributed by atoms with Crippen molar-refractivity contribution in [3.63, 3.8) is 0 Å². The number of nitrogens with one attached hydrogen (secondary N) is 1. The molecule has 0 aromatic carbocycles. The van der Waals surface area contributed by atoms with Crippen LogP contribution in [0.3, 0.4) is 0 Å². The fourth-order valence-electron chi connectivity index (χ4n) is 1.32. The van der Waals surface area contributed by atoms with Crippen molar-refractivity contribution in [2.75, 3.05) is 6.54 Å². The van der Waals surface area contributed by atoms with Crippen LogP contribution < -0.4 is 5.32 Å². The molecule has 0 aliphatic rings. The van der Waals surface area contributed by atoms with Crippen LogP contribution in [-0.4, -0.2) is 27.6 Å². The highest BCUT2D eigenvalue weighted by atomic mass is 15.4. The van der Waals surface area contributed by atoms with Crippen molar-refractivity contribution in [3.05, 3.63) is 11.9 Å². The smallest absolute Gasteiger partial charge is 0.0852 e. The van der Waals surface area contributed by atoms with E-state index in [1.807, 2.05) is 10.9 Å². The Kier molecular flexibility index (Phi) is 4.75. The van der Waals surface area contributed by atoms with E-state index in [4.69, 9.17) is 0 Å². The molecule has 1 heterocycles. The van der Waals surface area contributed by atoms with Gasteiger partial charge in [0, 0.05) is 18.8 Å². The molecule has 0 saturated heterocycles. The van der Waals surface area contributed by atoms with Gasteiger partial charge in [-0.25, -0.2) is 0 Å². The van der Waals surface area contributed by atoms with E-state index in [-0.39, 0.29) is 0 Å². The monoisotopic (exact) mass is 210 g/mol. The minimum absolute atomic E-state index is 0.465. The van der Waals surface area contributed by atoms with Gasteiger partial charge in [-0.1, -0.05) is 32.9 Å². The number of hydrogen-bond acceptors (Lipinski definition) is 3.